The molecule has 5 rings (SSSR count). The van der Waals surface area contributed by atoms with Crippen LogP contribution in [0.5, 0.6) is 0 Å². The zero-order valence-corrected chi connectivity index (χ0v) is 17.6. The van der Waals surface area contributed by atoms with Crippen LogP contribution in [0.3, 0.4) is 0 Å². The summed E-state index contributed by atoms with van der Waals surface area (Å²) in [6, 6.07) is 17.2. The van der Waals surface area contributed by atoms with E-state index in [9.17, 15) is 9.59 Å². The van der Waals surface area contributed by atoms with Crippen molar-refractivity contribution in [3.8, 4) is 11.3 Å². The number of rotatable bonds is 6. The monoisotopic (exact) mass is 428 g/mol. The van der Waals surface area contributed by atoms with Gasteiger partial charge in [-0.2, -0.15) is 0 Å². The van der Waals surface area contributed by atoms with Gasteiger partial charge in [0.15, 0.2) is 5.82 Å². The van der Waals surface area contributed by atoms with Crippen molar-refractivity contribution in [2.24, 2.45) is 11.8 Å². The maximum atomic E-state index is 12.6. The molecule has 0 radical (unpaired) electrons. The largest absolute Gasteiger partial charge is 0.355 e. The van der Waals surface area contributed by atoms with E-state index >= 15 is 0 Å². The fraction of sp³-hybridized carbons (Fsp3) is 0.292. The van der Waals surface area contributed by atoms with E-state index in [-0.39, 0.29) is 24.2 Å². The van der Waals surface area contributed by atoms with Crippen molar-refractivity contribution >= 4 is 23.3 Å². The molecule has 2 fully saturated rings. The molecule has 4 heterocycles. The third kappa shape index (κ3) is 4.16. The first-order chi connectivity index (χ1) is 15.7. The highest BCUT2D eigenvalue weighted by Gasteiger charge is 2.36. The topological polar surface area (TPSA) is 91.3 Å². The molecule has 1 aromatic carbocycles. The van der Waals surface area contributed by atoms with Crippen molar-refractivity contribution in [1.29, 1.82) is 0 Å². The molecular formula is C24H24N6O2. The molecule has 0 saturated carbocycles. The second kappa shape index (κ2) is 8.74. The number of anilines is 2. The molecule has 2 aliphatic heterocycles. The highest BCUT2D eigenvalue weighted by atomic mass is 16.2. The zero-order chi connectivity index (χ0) is 21.9. The summed E-state index contributed by atoms with van der Waals surface area (Å²) in [5.74, 6) is 0.857. The number of nitrogens with zero attached hydrogens (tertiary/aromatic N) is 5. The summed E-state index contributed by atoms with van der Waals surface area (Å²) in [6.45, 7) is 2.69. The van der Waals surface area contributed by atoms with E-state index in [1.54, 1.807) is 17.3 Å². The van der Waals surface area contributed by atoms with Crippen LogP contribution >= 0.6 is 0 Å². The van der Waals surface area contributed by atoms with Gasteiger partial charge in [-0.05, 0) is 36.4 Å². The van der Waals surface area contributed by atoms with Gasteiger partial charge in [-0.3, -0.25) is 14.6 Å². The van der Waals surface area contributed by atoms with Gasteiger partial charge in [-0.25, -0.2) is 0 Å². The summed E-state index contributed by atoms with van der Waals surface area (Å²) in [5, 5.41) is 11.7. The van der Waals surface area contributed by atoms with E-state index < -0.39 is 0 Å². The van der Waals surface area contributed by atoms with E-state index in [2.05, 4.69) is 25.4 Å². The number of para-hydroxylation sites is 1. The Kier molecular flexibility index (Phi) is 5.49. The molecule has 2 aliphatic rings. The number of carbonyl (C=O) groups is 2. The minimum absolute atomic E-state index is 0.0000405. The standard InChI is InChI=1S/C24H24N6O2/c31-23-12-19(16-30(23)20-4-2-1-3-5-20)24(32)26-13-17-14-29(15-17)22-7-6-21(27-28-22)18-8-10-25-11-9-18/h1-11,17,19H,12-16H2,(H,26,32). The number of nitrogens with one attached hydrogen (secondary N) is 1. The van der Waals surface area contributed by atoms with Crippen molar-refractivity contribution in [1.82, 2.24) is 20.5 Å². The summed E-state index contributed by atoms with van der Waals surface area (Å²) >= 11 is 0. The molecule has 0 bridgehead atoms. The first kappa shape index (κ1) is 20.1. The zero-order valence-electron chi connectivity index (χ0n) is 17.6. The van der Waals surface area contributed by atoms with Crippen molar-refractivity contribution < 1.29 is 9.59 Å². The van der Waals surface area contributed by atoms with Gasteiger partial charge < -0.3 is 15.1 Å². The second-order valence-corrected chi connectivity index (χ2v) is 8.27. The Balaban J connectivity index is 1.08. The van der Waals surface area contributed by atoms with Crippen molar-refractivity contribution in [3.63, 3.8) is 0 Å². The number of amides is 2. The van der Waals surface area contributed by atoms with Gasteiger partial charge in [0.25, 0.3) is 0 Å². The average Bonchev–Trinajstić information content (AvgIpc) is 3.21. The molecule has 1 unspecified atom stereocenters. The van der Waals surface area contributed by atoms with Gasteiger partial charge in [0, 0.05) is 62.2 Å². The average molecular weight is 428 g/mol. The molecule has 3 aromatic rings. The highest BCUT2D eigenvalue weighted by molar-refractivity contribution is 6.00. The molecule has 2 amide bonds. The lowest BCUT2D eigenvalue weighted by Gasteiger charge is -2.40. The molecule has 8 nitrogen and oxygen atoms in total. The third-order valence-corrected chi connectivity index (χ3v) is 6.04. The van der Waals surface area contributed by atoms with Crippen LogP contribution < -0.4 is 15.1 Å². The Hall–Kier alpha value is -3.81. The smallest absolute Gasteiger partial charge is 0.227 e. The number of hydrogen-bond donors (Lipinski definition) is 1. The van der Waals surface area contributed by atoms with Crippen LogP contribution in [0.1, 0.15) is 6.42 Å². The van der Waals surface area contributed by atoms with Gasteiger partial charge in [0.2, 0.25) is 11.8 Å². The van der Waals surface area contributed by atoms with Crippen LogP contribution in [0.15, 0.2) is 67.0 Å². The van der Waals surface area contributed by atoms with E-state index in [1.807, 2.05) is 54.6 Å². The van der Waals surface area contributed by atoms with Gasteiger partial charge in [-0.15, -0.1) is 10.2 Å². The van der Waals surface area contributed by atoms with Crippen LogP contribution in [0.25, 0.3) is 11.3 Å². The van der Waals surface area contributed by atoms with Crippen LogP contribution in [0, 0.1) is 11.8 Å². The molecule has 1 N–H and O–H groups in total. The molecule has 162 valence electrons. The van der Waals surface area contributed by atoms with E-state index in [0.29, 0.717) is 19.0 Å². The lowest BCUT2D eigenvalue weighted by atomic mass is 9.99. The maximum Gasteiger partial charge on any atom is 0.227 e. The Morgan fingerprint density at radius 3 is 2.47 bits per heavy atom. The van der Waals surface area contributed by atoms with Gasteiger partial charge in [0.1, 0.15) is 0 Å². The lowest BCUT2D eigenvalue weighted by molar-refractivity contribution is -0.126. The van der Waals surface area contributed by atoms with E-state index in [4.69, 9.17) is 0 Å². The normalized spacial score (nSPS) is 18.5. The predicted octanol–water partition coefficient (Wildman–Crippen LogP) is 2.14. The third-order valence-electron chi connectivity index (χ3n) is 6.04. The maximum absolute atomic E-state index is 12.6. The van der Waals surface area contributed by atoms with Crippen LogP contribution in [0.4, 0.5) is 11.5 Å². The molecule has 2 aromatic heterocycles. The SMILES string of the molecule is O=C(NCC1CN(c2ccc(-c3ccncc3)nn2)C1)C1CC(=O)N(c2ccccc2)C1. The summed E-state index contributed by atoms with van der Waals surface area (Å²) in [5.41, 5.74) is 2.65. The minimum Gasteiger partial charge on any atom is -0.355 e. The quantitative estimate of drug-likeness (QED) is 0.647. The van der Waals surface area contributed by atoms with Gasteiger partial charge in [-0.1, -0.05) is 18.2 Å². The lowest BCUT2D eigenvalue weighted by Crippen LogP contribution is -2.52. The summed E-state index contributed by atoms with van der Waals surface area (Å²) in [4.78, 5) is 32.8. The number of aromatic nitrogens is 3. The predicted molar refractivity (Wildman–Crippen MR) is 121 cm³/mol. The van der Waals surface area contributed by atoms with Gasteiger partial charge >= 0.3 is 0 Å². The number of benzene rings is 1. The summed E-state index contributed by atoms with van der Waals surface area (Å²) in [7, 11) is 0. The molecule has 0 spiro atoms. The van der Waals surface area contributed by atoms with Crippen molar-refractivity contribution in [3.05, 3.63) is 67.0 Å². The second-order valence-electron chi connectivity index (χ2n) is 8.27. The molecule has 8 heteroatoms. The number of carbonyl (C=O) groups excluding carboxylic acids is 2. The summed E-state index contributed by atoms with van der Waals surface area (Å²) < 4.78 is 0. The van der Waals surface area contributed by atoms with Crippen molar-refractivity contribution in [2.75, 3.05) is 36.0 Å². The fourth-order valence-electron chi connectivity index (χ4n) is 4.19. The number of hydrogen-bond acceptors (Lipinski definition) is 6. The highest BCUT2D eigenvalue weighted by Crippen LogP contribution is 2.26. The van der Waals surface area contributed by atoms with Crippen molar-refractivity contribution in [2.45, 2.75) is 6.42 Å². The Labute approximate surface area is 186 Å². The van der Waals surface area contributed by atoms with Crippen LogP contribution in [0.2, 0.25) is 0 Å². The Bertz CT molecular complexity index is 1080. The Morgan fingerprint density at radius 1 is 0.969 bits per heavy atom. The van der Waals surface area contributed by atoms with E-state index in [1.165, 1.54) is 0 Å². The first-order valence-corrected chi connectivity index (χ1v) is 10.8. The fourth-order valence-corrected chi connectivity index (χ4v) is 4.19. The molecule has 32 heavy (non-hydrogen) atoms. The number of pyridine rings is 1. The molecule has 1 atom stereocenters. The molecule has 2 saturated heterocycles. The van der Waals surface area contributed by atoms with E-state index in [0.717, 1.165) is 35.9 Å². The summed E-state index contributed by atoms with van der Waals surface area (Å²) in [6.07, 6.45) is 3.73. The van der Waals surface area contributed by atoms with Gasteiger partial charge in [0.05, 0.1) is 11.6 Å². The minimum atomic E-state index is -0.300. The molecule has 0 aliphatic carbocycles. The first-order valence-electron chi connectivity index (χ1n) is 10.8. The Morgan fingerprint density at radius 2 is 1.75 bits per heavy atom. The molecular weight excluding hydrogens is 404 g/mol. The van der Waals surface area contributed by atoms with Crippen LogP contribution in [-0.4, -0.2) is 53.2 Å². The van der Waals surface area contributed by atoms with Crippen LogP contribution in [-0.2, 0) is 9.59 Å².